The van der Waals surface area contributed by atoms with E-state index in [2.05, 4.69) is 65.8 Å². The predicted octanol–water partition coefficient (Wildman–Crippen LogP) is 5.23. The van der Waals surface area contributed by atoms with E-state index in [1.165, 1.54) is 0 Å². The Bertz CT molecular complexity index is 875. The molecule has 5 nitrogen and oxygen atoms in total. The molecule has 1 aliphatic rings. The third-order valence-corrected chi connectivity index (χ3v) is 6.24. The molecule has 1 fully saturated rings. The van der Waals surface area contributed by atoms with Gasteiger partial charge in [0, 0.05) is 11.3 Å². The third-order valence-electron chi connectivity index (χ3n) is 5.86. The number of para-hydroxylation sites is 1. The summed E-state index contributed by atoms with van der Waals surface area (Å²) >= 11 is 0. The number of benzene rings is 2. The van der Waals surface area contributed by atoms with Gasteiger partial charge in [0.1, 0.15) is 0 Å². The van der Waals surface area contributed by atoms with E-state index in [1.54, 1.807) is 0 Å². The molecule has 2 amide bonds. The molecule has 0 bridgehead atoms. The van der Waals surface area contributed by atoms with E-state index in [0.717, 1.165) is 27.7 Å². The summed E-state index contributed by atoms with van der Waals surface area (Å²) in [5.41, 5.74) is 4.03. The zero-order valence-corrected chi connectivity index (χ0v) is 20.5. The van der Waals surface area contributed by atoms with E-state index in [-0.39, 0.29) is 24.8 Å². The molecule has 1 unspecified atom stereocenters. The van der Waals surface area contributed by atoms with Gasteiger partial charge in [0.25, 0.3) is 0 Å². The minimum absolute atomic E-state index is 0.0743. The van der Waals surface area contributed by atoms with Crippen molar-refractivity contribution in [1.29, 1.82) is 0 Å². The molecule has 0 aromatic heterocycles. The van der Waals surface area contributed by atoms with Crippen molar-refractivity contribution in [2.24, 2.45) is 0 Å². The number of nitrogens with one attached hydrogen (secondary N) is 2. The van der Waals surface area contributed by atoms with E-state index in [1.807, 2.05) is 38.1 Å². The first-order chi connectivity index (χ1) is 14.6. The highest BCUT2D eigenvalue weighted by Gasteiger charge is 2.45. The van der Waals surface area contributed by atoms with Gasteiger partial charge in [-0.3, -0.25) is 0 Å². The summed E-state index contributed by atoms with van der Waals surface area (Å²) in [4.78, 5) is 13.0. The molecule has 6 heteroatoms. The number of hydrogen-bond donors (Lipinski definition) is 2. The Morgan fingerprint density at radius 2 is 1.48 bits per heavy atom. The summed E-state index contributed by atoms with van der Waals surface area (Å²) in [6.07, 6.45) is -0.149. The lowest BCUT2D eigenvalue weighted by Gasteiger charge is -2.29. The zero-order chi connectivity index (χ0) is 22.8. The molecule has 0 saturated carbocycles. The lowest BCUT2D eigenvalue weighted by atomic mass is 9.93. The number of rotatable bonds is 6. The fourth-order valence-electron chi connectivity index (χ4n) is 3.93. The smallest absolute Gasteiger partial charge is 0.319 e. The second kappa shape index (κ2) is 9.68. The molecular weight excluding hydrogens is 407 g/mol. The molecular formula is C25H35N2O3P. The number of urea groups is 1. The third kappa shape index (κ3) is 5.28. The minimum Gasteiger partial charge on any atom is -0.339 e. The van der Waals surface area contributed by atoms with Crippen LogP contribution in [0.1, 0.15) is 70.1 Å². The van der Waals surface area contributed by atoms with Gasteiger partial charge in [-0.1, -0.05) is 70.2 Å². The van der Waals surface area contributed by atoms with Gasteiger partial charge < -0.3 is 20.1 Å². The minimum atomic E-state index is -1.01. The molecule has 1 aliphatic heterocycles. The Hall–Kier alpha value is -1.94. The van der Waals surface area contributed by atoms with E-state index in [0.29, 0.717) is 11.8 Å². The fraction of sp³-hybridized carbons (Fsp3) is 0.480. The highest BCUT2D eigenvalue weighted by molar-refractivity contribution is 7.27. The maximum atomic E-state index is 13.0. The van der Waals surface area contributed by atoms with Gasteiger partial charge in [0.15, 0.2) is 0 Å². The van der Waals surface area contributed by atoms with Crippen LogP contribution >= 0.6 is 9.24 Å². The van der Waals surface area contributed by atoms with E-state index in [4.69, 9.17) is 9.47 Å². The molecule has 1 heterocycles. The van der Waals surface area contributed by atoms with Crippen LogP contribution in [-0.2, 0) is 15.3 Å². The summed E-state index contributed by atoms with van der Waals surface area (Å²) in [6, 6.07) is 13.9. The van der Waals surface area contributed by atoms with Gasteiger partial charge in [0.05, 0.1) is 18.8 Å². The molecule has 2 aromatic rings. The summed E-state index contributed by atoms with van der Waals surface area (Å²) in [6.45, 7) is 12.7. The van der Waals surface area contributed by atoms with Crippen molar-refractivity contribution in [2.45, 2.75) is 71.4 Å². The van der Waals surface area contributed by atoms with Crippen LogP contribution in [0.25, 0.3) is 0 Å². The number of anilines is 1. The molecule has 3 rings (SSSR count). The first-order valence-electron chi connectivity index (χ1n) is 11.0. The van der Waals surface area contributed by atoms with Crippen LogP contribution in [0.2, 0.25) is 0 Å². The summed E-state index contributed by atoms with van der Waals surface area (Å²) in [5, 5.41) is 7.18. The lowest BCUT2D eigenvalue weighted by molar-refractivity contribution is -0.176. The Balaban J connectivity index is 1.81. The van der Waals surface area contributed by atoms with Gasteiger partial charge >= 0.3 is 6.03 Å². The molecule has 168 valence electrons. The highest BCUT2D eigenvalue weighted by Crippen LogP contribution is 2.37. The fourth-order valence-corrected chi connectivity index (χ4v) is 4.12. The summed E-state index contributed by atoms with van der Waals surface area (Å²) < 4.78 is 12.5. The monoisotopic (exact) mass is 442 g/mol. The predicted molar refractivity (Wildman–Crippen MR) is 130 cm³/mol. The highest BCUT2D eigenvalue weighted by atomic mass is 31.0. The van der Waals surface area contributed by atoms with Crippen molar-refractivity contribution in [1.82, 2.24) is 5.32 Å². The van der Waals surface area contributed by atoms with Crippen molar-refractivity contribution in [3.63, 3.8) is 0 Å². The van der Waals surface area contributed by atoms with Crippen LogP contribution in [-0.4, -0.2) is 24.8 Å². The second-order valence-corrected chi connectivity index (χ2v) is 9.62. The molecule has 31 heavy (non-hydrogen) atoms. The number of carbonyl (C=O) groups is 1. The van der Waals surface area contributed by atoms with E-state index < -0.39 is 5.79 Å². The van der Waals surface area contributed by atoms with Crippen LogP contribution in [0, 0.1) is 0 Å². The van der Waals surface area contributed by atoms with Crippen LogP contribution < -0.4 is 15.9 Å². The molecule has 0 spiro atoms. The average Bonchev–Trinajstić information content (AvgIpc) is 3.01. The van der Waals surface area contributed by atoms with Gasteiger partial charge in [-0.15, -0.1) is 9.24 Å². The van der Waals surface area contributed by atoms with Gasteiger partial charge in [-0.25, -0.2) is 4.79 Å². The molecule has 3 atom stereocenters. The van der Waals surface area contributed by atoms with E-state index >= 15 is 0 Å². The SMILES string of the molecule is CC(C)c1cccc(C(C)C)c1NC(=O)NCC1(c2ccc(P)cc2)O[C@H](C)[C@@H](C)O1. The maximum Gasteiger partial charge on any atom is 0.319 e. The van der Waals surface area contributed by atoms with E-state index in [9.17, 15) is 4.79 Å². The van der Waals surface area contributed by atoms with Crippen molar-refractivity contribution >= 4 is 26.3 Å². The molecule has 1 saturated heterocycles. The van der Waals surface area contributed by atoms with Crippen molar-refractivity contribution in [3.05, 3.63) is 59.2 Å². The number of carbonyl (C=O) groups excluding carboxylic acids is 1. The quantitative estimate of drug-likeness (QED) is 0.602. The average molecular weight is 443 g/mol. The first kappa shape index (κ1) is 23.7. The van der Waals surface area contributed by atoms with Crippen molar-refractivity contribution in [3.8, 4) is 0 Å². The molecule has 0 aliphatic carbocycles. The number of hydrogen-bond acceptors (Lipinski definition) is 3. The number of ether oxygens (including phenoxy) is 2. The van der Waals surface area contributed by atoms with Crippen LogP contribution in [0.3, 0.4) is 0 Å². The van der Waals surface area contributed by atoms with Gasteiger partial charge in [-0.2, -0.15) is 0 Å². The Labute approximate surface area is 188 Å². The zero-order valence-electron chi connectivity index (χ0n) is 19.4. The normalized spacial score (nSPS) is 20.3. The number of amides is 2. The van der Waals surface area contributed by atoms with Crippen LogP contribution in [0.15, 0.2) is 42.5 Å². The molecule has 0 radical (unpaired) electrons. The van der Waals surface area contributed by atoms with Crippen LogP contribution in [0.5, 0.6) is 0 Å². The standard InChI is InChI=1S/C25H35N2O3P/c1-15(2)21-8-7-9-22(16(3)4)23(21)27-24(28)26-14-25(29-17(5)18(6)30-25)19-10-12-20(31)13-11-19/h7-13,15-18H,14,31H2,1-6H3,(H2,26,27,28)/t17-,18-/m1/s1. The summed E-state index contributed by atoms with van der Waals surface area (Å²) in [5.74, 6) is -0.407. The second-order valence-electron chi connectivity index (χ2n) is 8.95. The van der Waals surface area contributed by atoms with Gasteiger partial charge in [-0.05, 0) is 42.1 Å². The topological polar surface area (TPSA) is 59.6 Å². The Morgan fingerprint density at radius 3 is 1.97 bits per heavy atom. The van der Waals surface area contributed by atoms with Gasteiger partial charge in [0.2, 0.25) is 5.79 Å². The largest absolute Gasteiger partial charge is 0.339 e. The molecule has 2 N–H and O–H groups in total. The Morgan fingerprint density at radius 1 is 0.968 bits per heavy atom. The van der Waals surface area contributed by atoms with Crippen molar-refractivity contribution < 1.29 is 14.3 Å². The van der Waals surface area contributed by atoms with Crippen LogP contribution in [0.4, 0.5) is 10.5 Å². The first-order valence-corrected chi connectivity index (χ1v) is 11.6. The maximum absolute atomic E-state index is 13.0. The van der Waals surface area contributed by atoms with Crippen molar-refractivity contribution in [2.75, 3.05) is 11.9 Å². The summed E-state index contributed by atoms with van der Waals surface area (Å²) in [7, 11) is 2.68. The lowest BCUT2D eigenvalue weighted by Crippen LogP contribution is -2.44. The molecule has 2 aromatic carbocycles. The Kier molecular flexibility index (Phi) is 7.41.